The lowest BCUT2D eigenvalue weighted by molar-refractivity contribution is -0.252. The molecule has 3 unspecified atom stereocenters. The highest BCUT2D eigenvalue weighted by Crippen LogP contribution is 2.39. The summed E-state index contributed by atoms with van der Waals surface area (Å²) in [6, 6.07) is 24.2. The van der Waals surface area contributed by atoms with Crippen molar-refractivity contribution in [1.29, 1.82) is 0 Å². The number of likely N-dealkylation sites (N-methyl/N-ethyl adjacent to an activating group) is 1. The second-order valence-corrected chi connectivity index (χ2v) is 9.90. The van der Waals surface area contributed by atoms with Crippen molar-refractivity contribution < 1.29 is 19.4 Å². The van der Waals surface area contributed by atoms with E-state index in [2.05, 4.69) is 53.4 Å². The summed E-state index contributed by atoms with van der Waals surface area (Å²) in [7, 11) is 2.06. The molecule has 3 aromatic rings. The maximum Gasteiger partial charge on any atom is 0.315 e. The van der Waals surface area contributed by atoms with Gasteiger partial charge in [0, 0.05) is 38.2 Å². The molecule has 7 nitrogen and oxygen atoms in total. The van der Waals surface area contributed by atoms with Gasteiger partial charge in [0.2, 0.25) is 0 Å². The second kappa shape index (κ2) is 14.1. The van der Waals surface area contributed by atoms with Gasteiger partial charge in [-0.2, -0.15) is 0 Å². The van der Waals surface area contributed by atoms with Crippen molar-refractivity contribution in [2.24, 2.45) is 0 Å². The van der Waals surface area contributed by atoms with Crippen LogP contribution in [0.25, 0.3) is 11.1 Å². The number of carbonyl (C=O) groups excluding carboxylic acids is 1. The highest BCUT2D eigenvalue weighted by atomic mass is 16.7. The number of hydrogen-bond donors (Lipinski definition) is 3. The molecule has 0 aromatic heterocycles. The summed E-state index contributed by atoms with van der Waals surface area (Å²) < 4.78 is 13.0. The van der Waals surface area contributed by atoms with Crippen LogP contribution in [0.15, 0.2) is 85.5 Å². The fourth-order valence-corrected chi connectivity index (χ4v) is 4.81. The Morgan fingerprint density at radius 3 is 2.46 bits per heavy atom. The molecule has 1 aliphatic rings. The van der Waals surface area contributed by atoms with Gasteiger partial charge in [0.1, 0.15) is 0 Å². The van der Waals surface area contributed by atoms with Crippen molar-refractivity contribution in [2.45, 2.75) is 45.0 Å². The first-order valence-electron chi connectivity index (χ1n) is 13.5. The van der Waals surface area contributed by atoms with Crippen LogP contribution in [0.1, 0.15) is 48.0 Å². The number of benzene rings is 3. The summed E-state index contributed by atoms with van der Waals surface area (Å²) in [6.07, 6.45) is 1.95. The Labute approximate surface area is 231 Å². The maximum atomic E-state index is 11.8. The first-order chi connectivity index (χ1) is 19.0. The van der Waals surface area contributed by atoms with Gasteiger partial charge in [-0.15, -0.1) is 6.58 Å². The molecule has 7 heteroatoms. The molecule has 206 valence electrons. The number of carbonyl (C=O) groups is 1. The molecule has 1 fully saturated rings. The van der Waals surface area contributed by atoms with E-state index in [1.165, 1.54) is 0 Å². The third-order valence-corrected chi connectivity index (χ3v) is 6.78. The summed E-state index contributed by atoms with van der Waals surface area (Å²) in [5, 5.41) is 15.1. The molecule has 3 atom stereocenters. The van der Waals surface area contributed by atoms with Crippen LogP contribution in [-0.2, 0) is 22.6 Å². The zero-order valence-corrected chi connectivity index (χ0v) is 22.8. The van der Waals surface area contributed by atoms with Crippen molar-refractivity contribution in [3.63, 3.8) is 0 Å². The van der Waals surface area contributed by atoms with Crippen molar-refractivity contribution in [3.05, 3.63) is 108 Å². The van der Waals surface area contributed by atoms with Crippen LogP contribution in [0, 0.1) is 0 Å². The third-order valence-electron chi connectivity index (χ3n) is 6.78. The summed E-state index contributed by atoms with van der Waals surface area (Å²) in [5.41, 5.74) is 6.02. The van der Waals surface area contributed by atoms with Crippen LogP contribution in [-0.4, -0.2) is 48.8 Å². The van der Waals surface area contributed by atoms with E-state index in [1.807, 2.05) is 61.5 Å². The number of nitrogens with zero attached hydrogens (tertiary/aromatic N) is 1. The average Bonchev–Trinajstić information content (AvgIpc) is 2.96. The Morgan fingerprint density at radius 1 is 1.00 bits per heavy atom. The van der Waals surface area contributed by atoms with Crippen LogP contribution in [0.5, 0.6) is 0 Å². The van der Waals surface area contributed by atoms with Gasteiger partial charge in [0.05, 0.1) is 18.8 Å². The zero-order valence-electron chi connectivity index (χ0n) is 22.8. The Morgan fingerprint density at radius 2 is 1.74 bits per heavy atom. The van der Waals surface area contributed by atoms with Crippen molar-refractivity contribution in [1.82, 2.24) is 15.5 Å². The number of aliphatic hydroxyl groups excluding tert-OH is 1. The predicted molar refractivity (Wildman–Crippen MR) is 154 cm³/mol. The molecule has 39 heavy (non-hydrogen) atoms. The third kappa shape index (κ3) is 8.00. The predicted octanol–water partition coefficient (Wildman–Crippen LogP) is 5.33. The summed E-state index contributed by atoms with van der Waals surface area (Å²) >= 11 is 0. The number of hydrogen-bond acceptors (Lipinski definition) is 5. The standard InChI is InChI=1S/C32H39N3O4/c1-4-16-35(3)21-29-19-30(25-14-12-23(22-36)13-15-25)39-31(38-29)28-11-7-10-27(18-28)26-9-6-8-24(17-26)20-34-32(37)33-5-2/h4,6-15,17-18,29-31,36H,1,5,16,19-22H2,2-3H3,(H2,33,34,37). The van der Waals surface area contributed by atoms with Crippen molar-refractivity contribution >= 4 is 6.03 Å². The van der Waals surface area contributed by atoms with Gasteiger partial charge < -0.3 is 30.1 Å². The normalized spacial score (nSPS) is 19.0. The fourth-order valence-electron chi connectivity index (χ4n) is 4.81. The van der Waals surface area contributed by atoms with Gasteiger partial charge in [-0.05, 0) is 53.9 Å². The molecule has 0 saturated carbocycles. The smallest absolute Gasteiger partial charge is 0.315 e. The van der Waals surface area contributed by atoms with E-state index >= 15 is 0 Å². The van der Waals surface area contributed by atoms with E-state index in [9.17, 15) is 9.90 Å². The van der Waals surface area contributed by atoms with Gasteiger partial charge in [0.25, 0.3) is 0 Å². The average molecular weight is 530 g/mol. The number of amides is 2. The van der Waals surface area contributed by atoms with Crippen LogP contribution in [0.3, 0.4) is 0 Å². The highest BCUT2D eigenvalue weighted by Gasteiger charge is 2.32. The van der Waals surface area contributed by atoms with E-state index in [0.29, 0.717) is 13.1 Å². The minimum absolute atomic E-state index is 0.0164. The molecule has 2 amide bonds. The van der Waals surface area contributed by atoms with E-state index < -0.39 is 6.29 Å². The first kappa shape index (κ1) is 28.5. The number of ether oxygens (including phenoxy) is 2. The van der Waals surface area contributed by atoms with Crippen molar-refractivity contribution in [3.8, 4) is 11.1 Å². The number of nitrogens with one attached hydrogen (secondary N) is 2. The monoisotopic (exact) mass is 529 g/mol. The molecule has 0 aliphatic carbocycles. The Balaban J connectivity index is 1.55. The second-order valence-electron chi connectivity index (χ2n) is 9.90. The van der Waals surface area contributed by atoms with Crippen LogP contribution in [0.2, 0.25) is 0 Å². The van der Waals surface area contributed by atoms with Gasteiger partial charge in [0.15, 0.2) is 6.29 Å². The molecule has 0 radical (unpaired) electrons. The minimum atomic E-state index is -0.522. The molecule has 1 aliphatic heterocycles. The van der Waals surface area contributed by atoms with Crippen LogP contribution < -0.4 is 10.6 Å². The van der Waals surface area contributed by atoms with E-state index in [1.54, 1.807) is 0 Å². The van der Waals surface area contributed by atoms with Gasteiger partial charge in [-0.3, -0.25) is 0 Å². The lowest BCUT2D eigenvalue weighted by Gasteiger charge is -2.37. The quantitative estimate of drug-likeness (QED) is 0.293. The zero-order chi connectivity index (χ0) is 27.6. The number of rotatable bonds is 11. The van der Waals surface area contributed by atoms with Crippen LogP contribution >= 0.6 is 0 Å². The fraction of sp³-hybridized carbons (Fsp3) is 0.344. The van der Waals surface area contributed by atoms with Gasteiger partial charge >= 0.3 is 6.03 Å². The summed E-state index contributed by atoms with van der Waals surface area (Å²) in [5.74, 6) is 0. The molecule has 3 N–H and O–H groups in total. The molecule has 4 rings (SSSR count). The Kier molecular flexibility index (Phi) is 10.3. The number of aliphatic hydroxyl groups is 1. The van der Waals surface area contributed by atoms with E-state index in [-0.39, 0.29) is 24.8 Å². The van der Waals surface area contributed by atoms with Gasteiger partial charge in [-0.25, -0.2) is 4.79 Å². The molecular weight excluding hydrogens is 490 g/mol. The maximum absolute atomic E-state index is 11.8. The van der Waals surface area contributed by atoms with Crippen molar-refractivity contribution in [2.75, 3.05) is 26.7 Å². The lowest BCUT2D eigenvalue weighted by Crippen LogP contribution is -2.37. The topological polar surface area (TPSA) is 83.1 Å². The summed E-state index contributed by atoms with van der Waals surface area (Å²) in [6.45, 7) is 8.34. The SMILES string of the molecule is C=CCN(C)CC1CC(c2ccc(CO)cc2)OC(c2cccc(-c3cccc(CNC(=O)NCC)c3)c2)O1. The van der Waals surface area contributed by atoms with E-state index in [4.69, 9.17) is 9.47 Å². The highest BCUT2D eigenvalue weighted by molar-refractivity contribution is 5.74. The molecular formula is C32H39N3O4. The Hall–Kier alpha value is -3.49. The molecule has 1 saturated heterocycles. The first-order valence-corrected chi connectivity index (χ1v) is 13.5. The van der Waals surface area contributed by atoms with E-state index in [0.717, 1.165) is 52.9 Å². The Bertz CT molecular complexity index is 1230. The lowest BCUT2D eigenvalue weighted by atomic mass is 9.98. The van der Waals surface area contributed by atoms with Crippen LogP contribution in [0.4, 0.5) is 4.79 Å². The summed E-state index contributed by atoms with van der Waals surface area (Å²) in [4.78, 5) is 14.0. The molecule has 1 heterocycles. The largest absolute Gasteiger partial charge is 0.392 e. The van der Waals surface area contributed by atoms with Gasteiger partial charge in [-0.1, -0.05) is 66.7 Å². The minimum Gasteiger partial charge on any atom is -0.392 e. The molecule has 0 spiro atoms. The molecule has 3 aromatic carbocycles. The number of urea groups is 1. The molecule has 0 bridgehead atoms.